The van der Waals surface area contributed by atoms with Gasteiger partial charge in [0, 0.05) is 5.39 Å². The van der Waals surface area contributed by atoms with Crippen LogP contribution in [0.3, 0.4) is 0 Å². The van der Waals surface area contributed by atoms with E-state index in [4.69, 9.17) is 18.9 Å². The molecule has 2 aromatic heterocycles. The van der Waals surface area contributed by atoms with Crippen molar-refractivity contribution in [3.63, 3.8) is 0 Å². The number of aromatic carboxylic acids is 1. The van der Waals surface area contributed by atoms with Crippen LogP contribution in [0.5, 0.6) is 11.5 Å². The first-order valence-electron chi connectivity index (χ1n) is 12.7. The number of carbonyl (C=O) groups is 1. The molecule has 9 heteroatoms. The minimum Gasteiger partial charge on any atom is -0.493 e. The molecule has 0 saturated carbocycles. The van der Waals surface area contributed by atoms with Crippen molar-refractivity contribution in [2.75, 3.05) is 7.11 Å². The Morgan fingerprint density at radius 2 is 1.80 bits per heavy atom. The Balaban J connectivity index is 1.33. The predicted molar refractivity (Wildman–Crippen MR) is 155 cm³/mol. The molecule has 6 aromatic rings. The Bertz CT molecular complexity index is 1970. The zero-order valence-corrected chi connectivity index (χ0v) is 21.9. The van der Waals surface area contributed by atoms with Gasteiger partial charge in [-0.3, -0.25) is 4.79 Å². The smallest absolute Gasteiger partial charge is 0.335 e. The number of fused-ring (bicyclic) bond motifs is 2. The van der Waals surface area contributed by atoms with Crippen LogP contribution in [0.15, 0.2) is 111 Å². The largest absolute Gasteiger partial charge is 0.493 e. The number of carboxylic acids is 1. The second kappa shape index (κ2) is 10.8. The third kappa shape index (κ3) is 5.16. The van der Waals surface area contributed by atoms with Crippen molar-refractivity contribution >= 4 is 34.1 Å². The van der Waals surface area contributed by atoms with Gasteiger partial charge in [-0.05, 0) is 65.7 Å². The molecule has 0 bridgehead atoms. The predicted octanol–water partition coefficient (Wildman–Crippen LogP) is 5.98. The van der Waals surface area contributed by atoms with E-state index in [2.05, 4.69) is 5.10 Å². The number of nitrogens with zero attached hydrogens (tertiary/aromatic N) is 3. The lowest BCUT2D eigenvalue weighted by atomic mass is 10.1. The lowest BCUT2D eigenvalue weighted by Crippen LogP contribution is -2.20. The highest BCUT2D eigenvalue weighted by Crippen LogP contribution is 2.29. The minimum atomic E-state index is -1.00. The van der Waals surface area contributed by atoms with Crippen molar-refractivity contribution in [2.45, 2.75) is 6.61 Å². The number of rotatable bonds is 8. The summed E-state index contributed by atoms with van der Waals surface area (Å²) in [6.45, 7) is 0.157. The molecular weight excluding hydrogens is 522 g/mol. The van der Waals surface area contributed by atoms with Crippen molar-refractivity contribution in [3.8, 4) is 23.1 Å². The van der Waals surface area contributed by atoms with Crippen molar-refractivity contribution in [3.05, 3.63) is 124 Å². The number of benzene rings is 4. The van der Waals surface area contributed by atoms with Crippen LogP contribution in [-0.4, -0.2) is 34.1 Å². The number of aromatic nitrogens is 2. The minimum absolute atomic E-state index is 0.157. The van der Waals surface area contributed by atoms with Crippen molar-refractivity contribution in [2.24, 2.45) is 5.10 Å². The van der Waals surface area contributed by atoms with E-state index in [1.165, 1.54) is 24.1 Å². The van der Waals surface area contributed by atoms with Gasteiger partial charge in [-0.25, -0.2) is 9.78 Å². The maximum absolute atomic E-state index is 13.5. The van der Waals surface area contributed by atoms with E-state index >= 15 is 0 Å². The summed E-state index contributed by atoms with van der Waals surface area (Å²) < 4.78 is 18.7. The highest BCUT2D eigenvalue weighted by molar-refractivity contribution is 5.88. The lowest BCUT2D eigenvalue weighted by molar-refractivity contribution is 0.0696. The van der Waals surface area contributed by atoms with Crippen LogP contribution in [0.25, 0.3) is 33.5 Å². The van der Waals surface area contributed by atoms with Crippen LogP contribution in [0.2, 0.25) is 0 Å². The quantitative estimate of drug-likeness (QED) is 0.234. The standard InChI is InChI=1S/C32H23N3O6/c1-39-28-16-20(13-14-27(28)40-19-21-7-6-9-23(15-21)32(37)38)18-33-35-30(29-17-22-8-2-5-12-26(22)41-29)34-25-11-4-3-10-24(25)31(35)36/h2-18H,19H2,1H3,(H,37,38). The van der Waals surface area contributed by atoms with E-state index in [1.54, 1.807) is 54.6 Å². The molecule has 0 atom stereocenters. The Hall–Kier alpha value is -5.70. The first-order valence-corrected chi connectivity index (χ1v) is 12.7. The summed E-state index contributed by atoms with van der Waals surface area (Å²) in [7, 11) is 1.52. The molecule has 4 aromatic carbocycles. The average molecular weight is 546 g/mol. The summed E-state index contributed by atoms with van der Waals surface area (Å²) in [6, 6.07) is 28.3. The van der Waals surface area contributed by atoms with Gasteiger partial charge in [0.05, 0.1) is 29.8 Å². The number of furan rings is 1. The summed E-state index contributed by atoms with van der Waals surface area (Å²) in [5, 5.41) is 15.0. The van der Waals surface area contributed by atoms with Gasteiger partial charge < -0.3 is 19.0 Å². The van der Waals surface area contributed by atoms with E-state index in [9.17, 15) is 14.7 Å². The van der Waals surface area contributed by atoms with Crippen molar-refractivity contribution in [1.29, 1.82) is 0 Å². The van der Waals surface area contributed by atoms with Crippen LogP contribution >= 0.6 is 0 Å². The molecular formula is C32H23N3O6. The first-order chi connectivity index (χ1) is 20.0. The molecule has 0 aliphatic rings. The second-order valence-corrected chi connectivity index (χ2v) is 9.17. The zero-order valence-electron chi connectivity index (χ0n) is 21.9. The SMILES string of the molecule is COc1cc(C=Nn2c(-c3cc4ccccc4o3)nc3ccccc3c2=O)ccc1OCc1cccc(C(=O)O)c1. The number of methoxy groups -OCH3 is 1. The molecule has 6 rings (SSSR count). The monoisotopic (exact) mass is 545 g/mol. The van der Waals surface area contributed by atoms with E-state index in [0.717, 1.165) is 5.39 Å². The number of hydrogen-bond acceptors (Lipinski definition) is 7. The Labute approximate surface area is 233 Å². The fourth-order valence-corrected chi connectivity index (χ4v) is 4.45. The third-order valence-corrected chi connectivity index (χ3v) is 6.48. The van der Waals surface area contributed by atoms with Gasteiger partial charge in [0.1, 0.15) is 12.2 Å². The number of ether oxygens (including phenoxy) is 2. The van der Waals surface area contributed by atoms with E-state index in [1.807, 2.05) is 36.4 Å². The summed E-state index contributed by atoms with van der Waals surface area (Å²) in [4.78, 5) is 29.5. The second-order valence-electron chi connectivity index (χ2n) is 9.17. The van der Waals surface area contributed by atoms with Crippen molar-refractivity contribution < 1.29 is 23.8 Å². The normalized spacial score (nSPS) is 11.3. The summed E-state index contributed by atoms with van der Waals surface area (Å²) >= 11 is 0. The van der Waals surface area contributed by atoms with Crippen LogP contribution in [0.4, 0.5) is 0 Å². The summed E-state index contributed by atoms with van der Waals surface area (Å²) in [5.41, 5.74) is 2.42. The van der Waals surface area contributed by atoms with E-state index in [-0.39, 0.29) is 23.6 Å². The van der Waals surface area contributed by atoms with Gasteiger partial charge >= 0.3 is 5.97 Å². The molecule has 0 aliphatic carbocycles. The summed E-state index contributed by atoms with van der Waals surface area (Å²) in [5.74, 6) is 0.608. The van der Waals surface area contributed by atoms with Gasteiger partial charge in [0.2, 0.25) is 5.82 Å². The maximum Gasteiger partial charge on any atom is 0.335 e. The molecule has 0 fully saturated rings. The van der Waals surface area contributed by atoms with Gasteiger partial charge in [0.25, 0.3) is 5.56 Å². The van der Waals surface area contributed by atoms with Crippen LogP contribution in [-0.2, 0) is 6.61 Å². The Morgan fingerprint density at radius 3 is 2.63 bits per heavy atom. The molecule has 1 N–H and O–H groups in total. The van der Waals surface area contributed by atoms with Gasteiger partial charge in [-0.2, -0.15) is 9.78 Å². The molecule has 0 radical (unpaired) electrons. The molecule has 0 amide bonds. The molecule has 0 spiro atoms. The maximum atomic E-state index is 13.5. The highest BCUT2D eigenvalue weighted by atomic mass is 16.5. The highest BCUT2D eigenvalue weighted by Gasteiger charge is 2.16. The Morgan fingerprint density at radius 1 is 0.976 bits per heavy atom. The number of para-hydroxylation sites is 2. The molecule has 0 unspecified atom stereocenters. The molecule has 0 aliphatic heterocycles. The van der Waals surface area contributed by atoms with Crippen molar-refractivity contribution in [1.82, 2.24) is 9.66 Å². The zero-order chi connectivity index (χ0) is 28.3. The summed E-state index contributed by atoms with van der Waals surface area (Å²) in [6.07, 6.45) is 1.53. The molecule has 41 heavy (non-hydrogen) atoms. The van der Waals surface area contributed by atoms with E-state index in [0.29, 0.717) is 44.9 Å². The van der Waals surface area contributed by atoms with E-state index < -0.39 is 5.97 Å². The number of hydrogen-bond donors (Lipinski definition) is 1. The average Bonchev–Trinajstić information content (AvgIpc) is 3.44. The third-order valence-electron chi connectivity index (χ3n) is 6.48. The molecule has 9 nitrogen and oxygen atoms in total. The molecule has 2 heterocycles. The van der Waals surface area contributed by atoms with Crippen LogP contribution < -0.4 is 15.0 Å². The fraction of sp³-hybridized carbons (Fsp3) is 0.0625. The van der Waals surface area contributed by atoms with Gasteiger partial charge in [0.15, 0.2) is 17.3 Å². The van der Waals surface area contributed by atoms with Gasteiger partial charge in [-0.15, -0.1) is 0 Å². The van der Waals surface area contributed by atoms with Crippen LogP contribution in [0, 0.1) is 0 Å². The molecule has 0 saturated heterocycles. The first kappa shape index (κ1) is 25.6. The molecule has 202 valence electrons. The topological polar surface area (TPSA) is 116 Å². The van der Waals surface area contributed by atoms with Crippen LogP contribution in [0.1, 0.15) is 21.5 Å². The lowest BCUT2D eigenvalue weighted by Gasteiger charge is -2.12. The number of carboxylic acid groups (broad SMARTS) is 1. The fourth-order valence-electron chi connectivity index (χ4n) is 4.45. The van der Waals surface area contributed by atoms with Gasteiger partial charge in [-0.1, -0.05) is 42.5 Å². The Kier molecular flexibility index (Phi) is 6.75.